The van der Waals surface area contributed by atoms with Crippen molar-refractivity contribution < 1.29 is 9.13 Å². The van der Waals surface area contributed by atoms with Gasteiger partial charge in [0, 0.05) is 25.2 Å². The van der Waals surface area contributed by atoms with Crippen molar-refractivity contribution in [2.45, 2.75) is 24.9 Å². The Balaban J connectivity index is 1.80. The molecule has 0 spiro atoms. The molecule has 1 aliphatic heterocycles. The summed E-state index contributed by atoms with van der Waals surface area (Å²) in [5, 5.41) is 0. The van der Waals surface area contributed by atoms with Crippen molar-refractivity contribution in [1.29, 1.82) is 0 Å². The van der Waals surface area contributed by atoms with Crippen LogP contribution >= 0.6 is 0 Å². The fourth-order valence-electron chi connectivity index (χ4n) is 2.27. The summed E-state index contributed by atoms with van der Waals surface area (Å²) in [7, 11) is 2.11. The summed E-state index contributed by atoms with van der Waals surface area (Å²) >= 11 is 0. The molecule has 1 aromatic rings. The van der Waals surface area contributed by atoms with Crippen LogP contribution in [0.3, 0.4) is 0 Å². The van der Waals surface area contributed by atoms with Crippen LogP contribution in [-0.2, 0) is 4.74 Å². The highest BCUT2D eigenvalue weighted by Crippen LogP contribution is 2.17. The Morgan fingerprint density at radius 2 is 2.17 bits per heavy atom. The number of ether oxygens (including phenoxy) is 1. The Morgan fingerprint density at radius 3 is 2.78 bits per heavy atom. The average molecular weight is 252 g/mol. The Bertz CT molecular complexity index is 363. The Labute approximate surface area is 108 Å². The minimum Gasteiger partial charge on any atom is -0.380 e. The minimum absolute atomic E-state index is 0.0321. The Hall–Kier alpha value is -0.970. The second-order valence-electron chi connectivity index (χ2n) is 4.94. The molecule has 0 aliphatic carbocycles. The molecule has 0 radical (unpaired) electrons. The summed E-state index contributed by atoms with van der Waals surface area (Å²) in [4.78, 5) is 2.30. The molecule has 2 rings (SSSR count). The van der Waals surface area contributed by atoms with Gasteiger partial charge in [0.05, 0.1) is 6.61 Å². The van der Waals surface area contributed by atoms with Gasteiger partial charge in [-0.05, 0) is 37.6 Å². The van der Waals surface area contributed by atoms with Crippen molar-refractivity contribution in [3.8, 4) is 0 Å². The molecular formula is C14H21FN2O. The molecule has 3 nitrogen and oxygen atoms in total. The van der Waals surface area contributed by atoms with Gasteiger partial charge in [-0.2, -0.15) is 0 Å². The molecule has 0 bridgehead atoms. The largest absolute Gasteiger partial charge is 0.380 e. The summed E-state index contributed by atoms with van der Waals surface area (Å²) in [5.74, 6) is -0.217. The van der Waals surface area contributed by atoms with Gasteiger partial charge in [-0.25, -0.2) is 4.39 Å². The van der Waals surface area contributed by atoms with Crippen LogP contribution < -0.4 is 5.73 Å². The van der Waals surface area contributed by atoms with Crippen molar-refractivity contribution >= 4 is 0 Å². The third kappa shape index (κ3) is 3.51. The second-order valence-corrected chi connectivity index (χ2v) is 4.94. The molecule has 1 aromatic carbocycles. The molecule has 1 aliphatic rings. The molecule has 0 amide bonds. The van der Waals surface area contributed by atoms with Crippen LogP contribution in [0.1, 0.15) is 24.4 Å². The zero-order valence-corrected chi connectivity index (χ0v) is 10.8. The highest BCUT2D eigenvalue weighted by atomic mass is 19.1. The van der Waals surface area contributed by atoms with Crippen LogP contribution in [0.4, 0.5) is 4.39 Å². The van der Waals surface area contributed by atoms with Gasteiger partial charge in [0.2, 0.25) is 0 Å². The van der Waals surface area contributed by atoms with E-state index in [0.717, 1.165) is 38.2 Å². The summed E-state index contributed by atoms with van der Waals surface area (Å²) in [5.41, 5.74) is 7.10. The summed E-state index contributed by atoms with van der Waals surface area (Å²) in [6.07, 6.45) is 1.97. The lowest BCUT2D eigenvalue weighted by molar-refractivity contribution is 0.157. The van der Waals surface area contributed by atoms with E-state index in [-0.39, 0.29) is 11.9 Å². The van der Waals surface area contributed by atoms with Gasteiger partial charge in [0.15, 0.2) is 0 Å². The first-order chi connectivity index (χ1) is 8.66. The number of nitrogens with two attached hydrogens (primary N) is 1. The molecular weight excluding hydrogens is 231 g/mol. The van der Waals surface area contributed by atoms with Gasteiger partial charge >= 0.3 is 0 Å². The first kappa shape index (κ1) is 13.5. The molecule has 4 heteroatoms. The molecule has 0 saturated carbocycles. The highest BCUT2D eigenvalue weighted by molar-refractivity contribution is 5.19. The third-order valence-corrected chi connectivity index (χ3v) is 3.62. The van der Waals surface area contributed by atoms with Gasteiger partial charge in [-0.1, -0.05) is 12.1 Å². The van der Waals surface area contributed by atoms with Crippen LogP contribution in [0, 0.1) is 5.82 Å². The lowest BCUT2D eigenvalue weighted by Crippen LogP contribution is -2.34. The zero-order chi connectivity index (χ0) is 13.0. The number of rotatable bonds is 5. The first-order valence-electron chi connectivity index (χ1n) is 6.46. The minimum atomic E-state index is -0.217. The normalized spacial score (nSPS) is 21.4. The molecule has 1 saturated heterocycles. The number of benzene rings is 1. The van der Waals surface area contributed by atoms with Crippen molar-refractivity contribution in [3.63, 3.8) is 0 Å². The molecule has 1 fully saturated rings. The summed E-state index contributed by atoms with van der Waals surface area (Å²) in [6.45, 7) is 2.62. The maximum Gasteiger partial charge on any atom is 0.123 e. The van der Waals surface area contributed by atoms with Crippen molar-refractivity contribution in [2.75, 3.05) is 26.8 Å². The van der Waals surface area contributed by atoms with Gasteiger partial charge < -0.3 is 15.4 Å². The van der Waals surface area contributed by atoms with Gasteiger partial charge in [0.1, 0.15) is 5.82 Å². The fourth-order valence-corrected chi connectivity index (χ4v) is 2.27. The maximum absolute atomic E-state index is 12.8. The SMILES string of the molecule is CN(CCC(N)c1ccc(F)cc1)C1CCOC1. The molecule has 1 heterocycles. The first-order valence-corrected chi connectivity index (χ1v) is 6.46. The van der Waals surface area contributed by atoms with E-state index in [1.165, 1.54) is 12.1 Å². The van der Waals surface area contributed by atoms with Gasteiger partial charge in [0.25, 0.3) is 0 Å². The molecule has 100 valence electrons. The van der Waals surface area contributed by atoms with Crippen LogP contribution in [0.2, 0.25) is 0 Å². The lowest BCUT2D eigenvalue weighted by atomic mass is 10.0. The van der Waals surface area contributed by atoms with E-state index in [0.29, 0.717) is 6.04 Å². The molecule has 2 unspecified atom stereocenters. The number of halogens is 1. The van der Waals surface area contributed by atoms with E-state index in [9.17, 15) is 4.39 Å². The van der Waals surface area contributed by atoms with Gasteiger partial charge in [-0.3, -0.25) is 0 Å². The third-order valence-electron chi connectivity index (χ3n) is 3.62. The summed E-state index contributed by atoms with van der Waals surface area (Å²) in [6, 6.07) is 6.94. The van der Waals surface area contributed by atoms with E-state index in [4.69, 9.17) is 10.5 Å². The maximum atomic E-state index is 12.8. The van der Waals surface area contributed by atoms with Crippen molar-refractivity contribution in [2.24, 2.45) is 5.73 Å². The number of nitrogens with zero attached hydrogens (tertiary/aromatic N) is 1. The topological polar surface area (TPSA) is 38.5 Å². The molecule has 0 aromatic heterocycles. The lowest BCUT2D eigenvalue weighted by Gasteiger charge is -2.24. The van der Waals surface area contributed by atoms with Crippen LogP contribution in [0.15, 0.2) is 24.3 Å². The van der Waals surface area contributed by atoms with Crippen LogP contribution in [-0.4, -0.2) is 37.7 Å². The molecule has 2 N–H and O–H groups in total. The molecule has 2 atom stereocenters. The number of hydrogen-bond acceptors (Lipinski definition) is 3. The Kier molecular flexibility index (Phi) is 4.69. The predicted octanol–water partition coefficient (Wildman–Crippen LogP) is 1.94. The smallest absolute Gasteiger partial charge is 0.123 e. The number of hydrogen-bond donors (Lipinski definition) is 1. The standard InChI is InChI=1S/C14H21FN2O/c1-17(13-7-9-18-10-13)8-6-14(16)11-2-4-12(15)5-3-11/h2-5,13-14H,6-10,16H2,1H3. The van der Waals surface area contributed by atoms with Crippen LogP contribution in [0.25, 0.3) is 0 Å². The quantitative estimate of drug-likeness (QED) is 0.870. The van der Waals surface area contributed by atoms with E-state index in [2.05, 4.69) is 11.9 Å². The average Bonchev–Trinajstić information content (AvgIpc) is 2.90. The summed E-state index contributed by atoms with van der Waals surface area (Å²) < 4.78 is 18.2. The van der Waals surface area contributed by atoms with E-state index < -0.39 is 0 Å². The molecule has 18 heavy (non-hydrogen) atoms. The predicted molar refractivity (Wildman–Crippen MR) is 69.8 cm³/mol. The van der Waals surface area contributed by atoms with Crippen molar-refractivity contribution in [3.05, 3.63) is 35.6 Å². The van der Waals surface area contributed by atoms with Gasteiger partial charge in [-0.15, -0.1) is 0 Å². The van der Waals surface area contributed by atoms with E-state index >= 15 is 0 Å². The monoisotopic (exact) mass is 252 g/mol. The van der Waals surface area contributed by atoms with Crippen molar-refractivity contribution in [1.82, 2.24) is 4.90 Å². The number of likely N-dealkylation sites (N-methyl/N-ethyl adjacent to an activating group) is 1. The Morgan fingerprint density at radius 1 is 1.44 bits per heavy atom. The van der Waals surface area contributed by atoms with E-state index in [1.807, 2.05) is 0 Å². The fraction of sp³-hybridized carbons (Fsp3) is 0.571. The highest BCUT2D eigenvalue weighted by Gasteiger charge is 2.20. The zero-order valence-electron chi connectivity index (χ0n) is 10.8. The van der Waals surface area contributed by atoms with Crippen LogP contribution in [0.5, 0.6) is 0 Å². The second kappa shape index (κ2) is 6.27. The van der Waals surface area contributed by atoms with E-state index in [1.54, 1.807) is 12.1 Å².